The molecule has 0 radical (unpaired) electrons. The summed E-state index contributed by atoms with van der Waals surface area (Å²) in [4.78, 5) is 11.9. The molecule has 1 amide bonds. The van der Waals surface area contributed by atoms with Gasteiger partial charge in [-0.05, 0) is 19.8 Å². The van der Waals surface area contributed by atoms with Gasteiger partial charge in [0, 0.05) is 12.2 Å². The monoisotopic (exact) mass is 269 g/mol. The minimum absolute atomic E-state index is 0.0288. The molecular weight excluding hydrogens is 250 g/mol. The molecule has 1 aromatic rings. The van der Waals surface area contributed by atoms with Crippen molar-refractivity contribution in [2.75, 3.05) is 0 Å². The molecule has 0 bridgehead atoms. The first kappa shape index (κ1) is 13.4. The van der Waals surface area contributed by atoms with Crippen molar-refractivity contribution < 1.29 is 4.79 Å². The smallest absolute Gasteiger partial charge is 0.241 e. The van der Waals surface area contributed by atoms with Gasteiger partial charge in [-0.3, -0.25) is 9.48 Å². The summed E-state index contributed by atoms with van der Waals surface area (Å²) in [7, 11) is 0. The van der Waals surface area contributed by atoms with Gasteiger partial charge < -0.3 is 5.32 Å². The van der Waals surface area contributed by atoms with Crippen LogP contribution in [0.1, 0.15) is 44.2 Å². The first-order valence-corrected chi connectivity index (χ1v) is 7.02. The van der Waals surface area contributed by atoms with E-state index in [1.807, 2.05) is 6.92 Å². The number of amides is 1. The Labute approximate surface area is 113 Å². The van der Waals surface area contributed by atoms with Crippen LogP contribution < -0.4 is 5.32 Å². The van der Waals surface area contributed by atoms with Gasteiger partial charge in [-0.15, -0.1) is 0 Å². The van der Waals surface area contributed by atoms with E-state index in [0.29, 0.717) is 11.1 Å². The van der Waals surface area contributed by atoms with Gasteiger partial charge in [-0.25, -0.2) is 0 Å². The molecule has 0 aromatic carbocycles. The third kappa shape index (κ3) is 3.73. The fourth-order valence-corrected chi connectivity index (χ4v) is 2.57. The highest BCUT2D eigenvalue weighted by atomic mass is 35.5. The maximum atomic E-state index is 11.9. The second-order valence-electron chi connectivity index (χ2n) is 5.02. The minimum Gasteiger partial charge on any atom is -0.352 e. The van der Waals surface area contributed by atoms with Crippen LogP contribution in [-0.4, -0.2) is 21.7 Å². The lowest BCUT2D eigenvalue weighted by Gasteiger charge is -2.16. The Morgan fingerprint density at radius 2 is 2.11 bits per heavy atom. The zero-order valence-electron chi connectivity index (χ0n) is 10.8. The van der Waals surface area contributed by atoms with Crippen LogP contribution in [0.25, 0.3) is 0 Å². The topological polar surface area (TPSA) is 46.9 Å². The van der Waals surface area contributed by atoms with Crippen molar-refractivity contribution in [3.05, 3.63) is 16.9 Å². The highest BCUT2D eigenvalue weighted by molar-refractivity contribution is 6.31. The second-order valence-corrected chi connectivity index (χ2v) is 5.42. The zero-order valence-corrected chi connectivity index (χ0v) is 11.5. The molecule has 1 aliphatic rings. The molecule has 0 unspecified atom stereocenters. The van der Waals surface area contributed by atoms with Gasteiger partial charge >= 0.3 is 0 Å². The molecule has 0 spiro atoms. The van der Waals surface area contributed by atoms with Crippen molar-refractivity contribution in [1.82, 2.24) is 15.1 Å². The summed E-state index contributed by atoms with van der Waals surface area (Å²) >= 11 is 5.91. The molecule has 100 valence electrons. The van der Waals surface area contributed by atoms with E-state index in [2.05, 4.69) is 10.4 Å². The Morgan fingerprint density at radius 3 is 2.67 bits per heavy atom. The molecular formula is C13H20ClN3O. The molecule has 1 N–H and O–H groups in total. The molecule has 1 fully saturated rings. The van der Waals surface area contributed by atoms with Gasteiger partial charge in [0.25, 0.3) is 0 Å². The molecule has 18 heavy (non-hydrogen) atoms. The van der Waals surface area contributed by atoms with E-state index in [1.54, 1.807) is 10.9 Å². The average Bonchev–Trinajstić information content (AvgIpc) is 2.55. The molecule has 1 aliphatic carbocycles. The molecule has 0 aliphatic heterocycles. The summed E-state index contributed by atoms with van der Waals surface area (Å²) < 4.78 is 1.60. The number of nitrogens with one attached hydrogen (secondary N) is 1. The molecule has 1 heterocycles. The molecule has 0 saturated heterocycles. The number of aryl methyl sites for hydroxylation is 1. The summed E-state index contributed by atoms with van der Waals surface area (Å²) in [6, 6.07) is 0.340. The number of carbonyl (C=O) groups is 1. The summed E-state index contributed by atoms with van der Waals surface area (Å²) in [5.41, 5.74) is 0.763. The van der Waals surface area contributed by atoms with Crippen LogP contribution in [0.3, 0.4) is 0 Å². The Morgan fingerprint density at radius 1 is 1.44 bits per heavy atom. The lowest BCUT2D eigenvalue weighted by Crippen LogP contribution is -2.36. The fourth-order valence-electron chi connectivity index (χ4n) is 2.42. The SMILES string of the molecule is Cc1nn(CC(=O)NC2CCCCCC2)cc1Cl. The third-order valence-corrected chi connectivity index (χ3v) is 3.78. The number of aromatic nitrogens is 2. The van der Waals surface area contributed by atoms with Crippen LogP contribution in [0.5, 0.6) is 0 Å². The summed E-state index contributed by atoms with van der Waals surface area (Å²) in [6.45, 7) is 2.09. The minimum atomic E-state index is 0.0288. The molecule has 5 heteroatoms. The van der Waals surface area contributed by atoms with Crippen LogP contribution >= 0.6 is 11.6 Å². The third-order valence-electron chi connectivity index (χ3n) is 3.41. The van der Waals surface area contributed by atoms with Gasteiger partial charge in [0.05, 0.1) is 10.7 Å². The number of hydrogen-bond donors (Lipinski definition) is 1. The van der Waals surface area contributed by atoms with Crippen molar-refractivity contribution in [1.29, 1.82) is 0 Å². The van der Waals surface area contributed by atoms with Gasteiger partial charge in [0.15, 0.2) is 0 Å². The normalized spacial score (nSPS) is 17.4. The average molecular weight is 270 g/mol. The highest BCUT2D eigenvalue weighted by Gasteiger charge is 2.15. The zero-order chi connectivity index (χ0) is 13.0. The van der Waals surface area contributed by atoms with Crippen molar-refractivity contribution in [3.8, 4) is 0 Å². The van der Waals surface area contributed by atoms with Gasteiger partial charge in [0.2, 0.25) is 5.91 Å². The first-order chi connectivity index (χ1) is 8.65. The van der Waals surface area contributed by atoms with E-state index >= 15 is 0 Å². The standard InChI is InChI=1S/C13H20ClN3O/c1-10-12(14)8-17(16-10)9-13(18)15-11-6-4-2-3-5-7-11/h8,11H,2-7,9H2,1H3,(H,15,18). The quantitative estimate of drug-likeness (QED) is 0.858. The molecule has 1 saturated carbocycles. The largest absolute Gasteiger partial charge is 0.352 e. The first-order valence-electron chi connectivity index (χ1n) is 6.64. The van der Waals surface area contributed by atoms with Crippen LogP contribution in [0.15, 0.2) is 6.20 Å². The van der Waals surface area contributed by atoms with E-state index in [0.717, 1.165) is 18.5 Å². The maximum absolute atomic E-state index is 11.9. The predicted molar refractivity (Wildman–Crippen MR) is 71.6 cm³/mol. The molecule has 0 atom stereocenters. The van der Waals surface area contributed by atoms with Crippen LogP contribution in [-0.2, 0) is 11.3 Å². The van der Waals surface area contributed by atoms with Gasteiger partial charge in [0.1, 0.15) is 6.54 Å². The molecule has 4 nitrogen and oxygen atoms in total. The van der Waals surface area contributed by atoms with Gasteiger partial charge in [-0.2, -0.15) is 5.10 Å². The van der Waals surface area contributed by atoms with Gasteiger partial charge in [-0.1, -0.05) is 37.3 Å². The summed E-state index contributed by atoms with van der Waals surface area (Å²) in [5.74, 6) is 0.0288. The maximum Gasteiger partial charge on any atom is 0.241 e. The van der Waals surface area contributed by atoms with E-state index in [9.17, 15) is 4.79 Å². The van der Waals surface area contributed by atoms with Crippen LogP contribution in [0.2, 0.25) is 5.02 Å². The Kier molecular flexibility index (Phi) is 4.64. The lowest BCUT2D eigenvalue weighted by molar-refractivity contribution is -0.122. The number of nitrogens with zero attached hydrogens (tertiary/aromatic N) is 2. The number of rotatable bonds is 3. The molecule has 2 rings (SSSR count). The lowest BCUT2D eigenvalue weighted by atomic mass is 10.1. The number of hydrogen-bond acceptors (Lipinski definition) is 2. The van der Waals surface area contributed by atoms with Crippen molar-refractivity contribution in [2.45, 2.75) is 58.0 Å². The summed E-state index contributed by atoms with van der Waals surface area (Å²) in [6.07, 6.45) is 8.93. The Balaban J connectivity index is 1.84. The summed E-state index contributed by atoms with van der Waals surface area (Å²) in [5, 5.41) is 7.89. The Hall–Kier alpha value is -1.03. The fraction of sp³-hybridized carbons (Fsp3) is 0.692. The Bertz CT molecular complexity index is 389. The van der Waals surface area contributed by atoms with Crippen LogP contribution in [0, 0.1) is 6.92 Å². The van der Waals surface area contributed by atoms with E-state index in [-0.39, 0.29) is 12.5 Å². The van der Waals surface area contributed by atoms with Crippen molar-refractivity contribution in [3.63, 3.8) is 0 Å². The number of carbonyl (C=O) groups excluding carboxylic acids is 1. The highest BCUT2D eigenvalue weighted by Crippen LogP contribution is 2.17. The molecule has 1 aromatic heterocycles. The van der Waals surface area contributed by atoms with E-state index in [1.165, 1.54) is 25.7 Å². The van der Waals surface area contributed by atoms with Crippen LogP contribution in [0.4, 0.5) is 0 Å². The van der Waals surface area contributed by atoms with E-state index < -0.39 is 0 Å². The number of halogens is 1. The van der Waals surface area contributed by atoms with Crippen molar-refractivity contribution in [2.24, 2.45) is 0 Å². The second kappa shape index (κ2) is 6.23. The van der Waals surface area contributed by atoms with Crippen molar-refractivity contribution >= 4 is 17.5 Å². The van der Waals surface area contributed by atoms with E-state index in [4.69, 9.17) is 11.6 Å². The predicted octanol–water partition coefficient (Wildman–Crippen LogP) is 2.68.